The van der Waals surface area contributed by atoms with E-state index < -0.39 is 10.0 Å². The molecule has 0 bridgehead atoms. The van der Waals surface area contributed by atoms with Crippen LogP contribution in [0.1, 0.15) is 15.9 Å². The molecule has 6 nitrogen and oxygen atoms in total. The van der Waals surface area contributed by atoms with Crippen molar-refractivity contribution in [3.05, 3.63) is 70.8 Å². The first-order chi connectivity index (χ1) is 13.8. The highest BCUT2D eigenvalue weighted by Gasteiger charge is 2.22. The fourth-order valence-corrected chi connectivity index (χ4v) is 3.94. The lowest BCUT2D eigenvalue weighted by Gasteiger charge is -2.34. The number of nitrogens with one attached hydrogen (secondary N) is 1. The van der Waals surface area contributed by atoms with E-state index in [1.54, 1.807) is 11.0 Å². The number of piperazine rings is 1. The van der Waals surface area contributed by atoms with Crippen LogP contribution in [0.15, 0.2) is 54.6 Å². The zero-order valence-electron chi connectivity index (χ0n) is 16.2. The Hall–Kier alpha value is -2.35. The fraction of sp³-hybridized carbons (Fsp3) is 0.286. The number of benzene rings is 2. The number of hydrogen-bond acceptors (Lipinski definition) is 4. The second-order valence-electron chi connectivity index (χ2n) is 6.97. The van der Waals surface area contributed by atoms with Gasteiger partial charge in [0.05, 0.1) is 17.0 Å². The van der Waals surface area contributed by atoms with E-state index in [4.69, 9.17) is 11.6 Å². The first-order valence-corrected chi connectivity index (χ1v) is 11.6. The SMILES string of the molecule is CS(=O)(=O)Nc1cc(C(=O)N2CCN(C/C=C/c3ccccc3)CC2)ccc1Cl. The quantitative estimate of drug-likeness (QED) is 0.759. The van der Waals surface area contributed by atoms with E-state index >= 15 is 0 Å². The molecule has 1 saturated heterocycles. The second-order valence-corrected chi connectivity index (χ2v) is 9.13. The maximum absolute atomic E-state index is 12.8. The molecule has 1 heterocycles. The van der Waals surface area contributed by atoms with Crippen LogP contribution in [-0.2, 0) is 10.0 Å². The molecule has 0 spiro atoms. The van der Waals surface area contributed by atoms with E-state index in [0.717, 1.165) is 25.9 Å². The third kappa shape index (κ3) is 6.32. The summed E-state index contributed by atoms with van der Waals surface area (Å²) < 4.78 is 25.3. The standard InChI is InChI=1S/C21H24ClN3O3S/c1-29(27,28)23-20-16-18(9-10-19(20)22)21(26)25-14-12-24(13-15-25)11-5-8-17-6-3-2-4-7-17/h2-10,16,23H,11-15H2,1H3/b8-5+. The molecular weight excluding hydrogens is 410 g/mol. The molecule has 0 unspecified atom stereocenters. The summed E-state index contributed by atoms with van der Waals surface area (Å²) in [5, 5.41) is 0.252. The molecule has 1 fully saturated rings. The zero-order chi connectivity index (χ0) is 20.9. The van der Waals surface area contributed by atoms with Crippen molar-refractivity contribution in [3.63, 3.8) is 0 Å². The van der Waals surface area contributed by atoms with Crippen molar-refractivity contribution in [2.45, 2.75) is 0 Å². The molecule has 1 amide bonds. The first kappa shape index (κ1) is 21.4. The Bertz CT molecular complexity index is 985. The summed E-state index contributed by atoms with van der Waals surface area (Å²) in [5.74, 6) is -0.127. The molecule has 1 N–H and O–H groups in total. The largest absolute Gasteiger partial charge is 0.336 e. The van der Waals surface area contributed by atoms with E-state index in [1.807, 2.05) is 18.2 Å². The van der Waals surface area contributed by atoms with Crippen LogP contribution in [0.25, 0.3) is 6.08 Å². The summed E-state index contributed by atoms with van der Waals surface area (Å²) in [7, 11) is -3.48. The Morgan fingerprint density at radius 3 is 2.45 bits per heavy atom. The van der Waals surface area contributed by atoms with Crippen molar-refractivity contribution in [2.24, 2.45) is 0 Å². The van der Waals surface area contributed by atoms with Crippen LogP contribution >= 0.6 is 11.6 Å². The highest BCUT2D eigenvalue weighted by molar-refractivity contribution is 7.92. The number of hydrogen-bond donors (Lipinski definition) is 1. The average Bonchev–Trinajstić information content (AvgIpc) is 2.69. The Kier molecular flexibility index (Phi) is 6.95. The van der Waals surface area contributed by atoms with Crippen LogP contribution in [-0.4, -0.2) is 63.1 Å². The summed E-state index contributed by atoms with van der Waals surface area (Å²) >= 11 is 6.04. The molecule has 29 heavy (non-hydrogen) atoms. The van der Waals surface area contributed by atoms with Gasteiger partial charge in [-0.3, -0.25) is 14.4 Å². The summed E-state index contributed by atoms with van der Waals surface area (Å²) in [6, 6.07) is 14.8. The number of halogens is 1. The zero-order valence-corrected chi connectivity index (χ0v) is 17.8. The molecule has 2 aromatic rings. The summed E-state index contributed by atoms with van der Waals surface area (Å²) in [5.41, 5.74) is 1.80. The predicted molar refractivity (Wildman–Crippen MR) is 118 cm³/mol. The minimum absolute atomic E-state index is 0.127. The minimum Gasteiger partial charge on any atom is -0.336 e. The molecule has 1 aliphatic rings. The lowest BCUT2D eigenvalue weighted by Crippen LogP contribution is -2.48. The Balaban J connectivity index is 1.56. The van der Waals surface area contributed by atoms with Crippen LogP contribution in [0.3, 0.4) is 0 Å². The Morgan fingerprint density at radius 1 is 1.10 bits per heavy atom. The van der Waals surface area contributed by atoms with E-state index in [0.29, 0.717) is 18.7 Å². The highest BCUT2D eigenvalue weighted by Crippen LogP contribution is 2.25. The molecule has 0 aromatic heterocycles. The lowest BCUT2D eigenvalue weighted by molar-refractivity contribution is 0.0650. The van der Waals surface area contributed by atoms with Crippen molar-refractivity contribution in [1.82, 2.24) is 9.80 Å². The number of carbonyl (C=O) groups excluding carboxylic acids is 1. The number of sulfonamides is 1. The van der Waals surface area contributed by atoms with Gasteiger partial charge in [-0.2, -0.15) is 0 Å². The third-order valence-corrected chi connectivity index (χ3v) is 5.56. The normalized spacial score (nSPS) is 15.6. The number of nitrogens with zero attached hydrogens (tertiary/aromatic N) is 2. The maximum atomic E-state index is 12.8. The summed E-state index contributed by atoms with van der Waals surface area (Å²) in [6.07, 6.45) is 5.28. The van der Waals surface area contributed by atoms with Gasteiger partial charge in [0.15, 0.2) is 0 Å². The minimum atomic E-state index is -3.48. The molecule has 0 aliphatic carbocycles. The van der Waals surface area contributed by atoms with Gasteiger partial charge in [-0.1, -0.05) is 54.1 Å². The van der Waals surface area contributed by atoms with Gasteiger partial charge in [-0.15, -0.1) is 0 Å². The van der Waals surface area contributed by atoms with Gasteiger partial charge in [0.2, 0.25) is 10.0 Å². The van der Waals surface area contributed by atoms with Crippen molar-refractivity contribution in [2.75, 3.05) is 43.7 Å². The van der Waals surface area contributed by atoms with Crippen molar-refractivity contribution in [3.8, 4) is 0 Å². The number of amides is 1. The van der Waals surface area contributed by atoms with Gasteiger partial charge >= 0.3 is 0 Å². The highest BCUT2D eigenvalue weighted by atomic mass is 35.5. The van der Waals surface area contributed by atoms with Crippen LogP contribution in [0, 0.1) is 0 Å². The van der Waals surface area contributed by atoms with Crippen LogP contribution in [0.2, 0.25) is 5.02 Å². The molecule has 0 atom stereocenters. The molecule has 0 saturated carbocycles. The maximum Gasteiger partial charge on any atom is 0.254 e. The van der Waals surface area contributed by atoms with Crippen molar-refractivity contribution >= 4 is 39.3 Å². The predicted octanol–water partition coefficient (Wildman–Crippen LogP) is 3.18. The first-order valence-electron chi connectivity index (χ1n) is 9.32. The van der Waals surface area contributed by atoms with E-state index in [2.05, 4.69) is 33.9 Å². The van der Waals surface area contributed by atoms with Gasteiger partial charge in [0.1, 0.15) is 0 Å². The van der Waals surface area contributed by atoms with E-state index in [1.165, 1.54) is 17.7 Å². The van der Waals surface area contributed by atoms with Gasteiger partial charge in [0.25, 0.3) is 5.91 Å². The molecule has 154 valence electrons. The van der Waals surface area contributed by atoms with Gasteiger partial charge in [-0.25, -0.2) is 8.42 Å². The van der Waals surface area contributed by atoms with Gasteiger partial charge in [0, 0.05) is 38.3 Å². The average molecular weight is 434 g/mol. The third-order valence-electron chi connectivity index (χ3n) is 4.64. The van der Waals surface area contributed by atoms with E-state index in [9.17, 15) is 13.2 Å². The number of rotatable bonds is 6. The Morgan fingerprint density at radius 2 is 1.79 bits per heavy atom. The topological polar surface area (TPSA) is 69.7 Å². The smallest absolute Gasteiger partial charge is 0.254 e. The summed E-state index contributed by atoms with van der Waals surface area (Å²) in [6.45, 7) is 3.64. The van der Waals surface area contributed by atoms with Crippen LogP contribution < -0.4 is 4.72 Å². The van der Waals surface area contributed by atoms with Crippen LogP contribution in [0.4, 0.5) is 5.69 Å². The number of anilines is 1. The Labute approximate surface area is 176 Å². The lowest BCUT2D eigenvalue weighted by atomic mass is 10.1. The summed E-state index contributed by atoms with van der Waals surface area (Å²) in [4.78, 5) is 16.9. The van der Waals surface area contributed by atoms with Crippen molar-refractivity contribution < 1.29 is 13.2 Å². The van der Waals surface area contributed by atoms with Gasteiger partial charge < -0.3 is 4.90 Å². The molecule has 8 heteroatoms. The van der Waals surface area contributed by atoms with Crippen LogP contribution in [0.5, 0.6) is 0 Å². The fourth-order valence-electron chi connectivity index (χ4n) is 3.15. The number of carbonyl (C=O) groups is 1. The molecular formula is C21H24ClN3O3S. The molecule has 3 rings (SSSR count). The van der Waals surface area contributed by atoms with Crippen molar-refractivity contribution in [1.29, 1.82) is 0 Å². The second kappa shape index (κ2) is 9.43. The molecule has 0 radical (unpaired) electrons. The monoisotopic (exact) mass is 433 g/mol. The van der Waals surface area contributed by atoms with Gasteiger partial charge in [-0.05, 0) is 23.8 Å². The molecule has 2 aromatic carbocycles. The van der Waals surface area contributed by atoms with E-state index in [-0.39, 0.29) is 16.6 Å². The molecule has 1 aliphatic heterocycles.